The van der Waals surface area contributed by atoms with Crippen LogP contribution in [0.3, 0.4) is 0 Å². The number of aryl methyl sites for hydroxylation is 1. The van der Waals surface area contributed by atoms with E-state index in [2.05, 4.69) is 22.5 Å². The topological polar surface area (TPSA) is 54.0 Å². The smallest absolute Gasteiger partial charge is 0.251 e. The van der Waals surface area contributed by atoms with Crippen molar-refractivity contribution >= 4 is 11.7 Å². The number of amides is 1. The Morgan fingerprint density at radius 3 is 2.69 bits per heavy atom. The molecule has 4 heteroatoms. The number of hydrogen-bond donors (Lipinski definition) is 2. The summed E-state index contributed by atoms with van der Waals surface area (Å²) in [7, 11) is 1.63. The average molecular weight is 221 g/mol. The highest BCUT2D eigenvalue weighted by Gasteiger charge is 2.07. The number of anilines is 1. The molecule has 88 valence electrons. The zero-order valence-electron chi connectivity index (χ0n) is 10.1. The third-order valence-electron chi connectivity index (χ3n) is 2.29. The monoisotopic (exact) mass is 221 g/mol. The second kappa shape index (κ2) is 6.10. The van der Waals surface area contributed by atoms with Crippen molar-refractivity contribution in [1.82, 2.24) is 10.3 Å². The fourth-order valence-electron chi connectivity index (χ4n) is 1.39. The number of pyridine rings is 1. The summed E-state index contributed by atoms with van der Waals surface area (Å²) >= 11 is 0. The molecule has 0 aliphatic heterocycles. The van der Waals surface area contributed by atoms with Gasteiger partial charge in [0.2, 0.25) is 0 Å². The Labute approximate surface area is 96.5 Å². The van der Waals surface area contributed by atoms with Gasteiger partial charge in [-0.05, 0) is 25.0 Å². The average Bonchev–Trinajstić information content (AvgIpc) is 2.34. The van der Waals surface area contributed by atoms with Gasteiger partial charge >= 0.3 is 0 Å². The van der Waals surface area contributed by atoms with Crippen LogP contribution >= 0.6 is 0 Å². The Morgan fingerprint density at radius 1 is 1.38 bits per heavy atom. The molecule has 0 bridgehead atoms. The first-order valence-electron chi connectivity index (χ1n) is 5.68. The minimum absolute atomic E-state index is 0.0725. The molecule has 0 saturated carbocycles. The standard InChI is InChI=1S/C12H19N3O/c1-4-6-14-11-8-9(12(16)13-3)7-10(5-2)15-11/h7-8H,4-6H2,1-3H3,(H,13,16)(H,14,15). The summed E-state index contributed by atoms with van der Waals surface area (Å²) < 4.78 is 0. The predicted molar refractivity (Wildman–Crippen MR) is 65.8 cm³/mol. The number of carbonyl (C=O) groups is 1. The first kappa shape index (κ1) is 12.5. The summed E-state index contributed by atoms with van der Waals surface area (Å²) in [4.78, 5) is 16.0. The SMILES string of the molecule is CCCNc1cc(C(=O)NC)cc(CC)n1. The molecule has 0 radical (unpaired) electrons. The van der Waals surface area contributed by atoms with Crippen molar-refractivity contribution in [2.45, 2.75) is 26.7 Å². The molecule has 1 amide bonds. The van der Waals surface area contributed by atoms with Crippen LogP contribution in [-0.2, 0) is 6.42 Å². The maximum atomic E-state index is 11.5. The second-order valence-electron chi connectivity index (χ2n) is 3.59. The molecule has 4 nitrogen and oxygen atoms in total. The molecule has 2 N–H and O–H groups in total. The van der Waals surface area contributed by atoms with Crippen molar-refractivity contribution in [1.29, 1.82) is 0 Å². The lowest BCUT2D eigenvalue weighted by Crippen LogP contribution is -2.18. The number of nitrogens with one attached hydrogen (secondary N) is 2. The van der Waals surface area contributed by atoms with Crippen LogP contribution in [-0.4, -0.2) is 24.5 Å². The first-order chi connectivity index (χ1) is 7.71. The van der Waals surface area contributed by atoms with E-state index in [4.69, 9.17) is 0 Å². The normalized spacial score (nSPS) is 9.94. The van der Waals surface area contributed by atoms with E-state index >= 15 is 0 Å². The zero-order chi connectivity index (χ0) is 12.0. The molecule has 0 atom stereocenters. The molecule has 0 spiro atoms. The summed E-state index contributed by atoms with van der Waals surface area (Å²) in [5.41, 5.74) is 1.59. The molecular weight excluding hydrogens is 202 g/mol. The van der Waals surface area contributed by atoms with E-state index in [-0.39, 0.29) is 5.91 Å². The Balaban J connectivity index is 2.96. The minimum atomic E-state index is -0.0725. The zero-order valence-corrected chi connectivity index (χ0v) is 10.1. The van der Waals surface area contributed by atoms with Gasteiger partial charge in [0.05, 0.1) is 0 Å². The fourth-order valence-corrected chi connectivity index (χ4v) is 1.39. The van der Waals surface area contributed by atoms with Crippen LogP contribution in [0.1, 0.15) is 36.3 Å². The molecule has 1 heterocycles. The van der Waals surface area contributed by atoms with Gasteiger partial charge in [-0.3, -0.25) is 4.79 Å². The molecule has 1 rings (SSSR count). The second-order valence-corrected chi connectivity index (χ2v) is 3.59. The third-order valence-corrected chi connectivity index (χ3v) is 2.29. The fraction of sp³-hybridized carbons (Fsp3) is 0.500. The lowest BCUT2D eigenvalue weighted by molar-refractivity contribution is 0.0963. The Hall–Kier alpha value is -1.58. The van der Waals surface area contributed by atoms with E-state index < -0.39 is 0 Å². The Morgan fingerprint density at radius 2 is 2.12 bits per heavy atom. The molecule has 0 saturated heterocycles. The molecule has 16 heavy (non-hydrogen) atoms. The van der Waals surface area contributed by atoms with Gasteiger partial charge in [-0.1, -0.05) is 13.8 Å². The highest BCUT2D eigenvalue weighted by molar-refractivity contribution is 5.94. The number of aromatic nitrogens is 1. The van der Waals surface area contributed by atoms with Crippen LogP contribution in [0.2, 0.25) is 0 Å². The number of rotatable bonds is 5. The maximum absolute atomic E-state index is 11.5. The summed E-state index contributed by atoms with van der Waals surface area (Å²) in [6, 6.07) is 3.61. The van der Waals surface area contributed by atoms with Gasteiger partial charge in [-0.15, -0.1) is 0 Å². The van der Waals surface area contributed by atoms with E-state index in [1.807, 2.05) is 13.0 Å². The van der Waals surface area contributed by atoms with Gasteiger partial charge in [0, 0.05) is 24.8 Å². The van der Waals surface area contributed by atoms with Crippen molar-refractivity contribution in [2.75, 3.05) is 18.9 Å². The highest BCUT2D eigenvalue weighted by Crippen LogP contribution is 2.11. The van der Waals surface area contributed by atoms with Crippen molar-refractivity contribution in [3.05, 3.63) is 23.4 Å². The van der Waals surface area contributed by atoms with Crippen molar-refractivity contribution in [2.24, 2.45) is 0 Å². The highest BCUT2D eigenvalue weighted by atomic mass is 16.1. The van der Waals surface area contributed by atoms with Gasteiger partial charge in [0.15, 0.2) is 0 Å². The van der Waals surface area contributed by atoms with Crippen molar-refractivity contribution < 1.29 is 4.79 Å². The Kier molecular flexibility index (Phi) is 4.76. The van der Waals surface area contributed by atoms with Crippen LogP contribution in [0.15, 0.2) is 12.1 Å². The van der Waals surface area contributed by atoms with Crippen LogP contribution in [0, 0.1) is 0 Å². The maximum Gasteiger partial charge on any atom is 0.251 e. The summed E-state index contributed by atoms with van der Waals surface area (Å²) in [5.74, 6) is 0.705. The van der Waals surface area contributed by atoms with Gasteiger partial charge < -0.3 is 10.6 Å². The quantitative estimate of drug-likeness (QED) is 0.797. The molecule has 0 unspecified atom stereocenters. The molecule has 1 aromatic heterocycles. The predicted octanol–water partition coefficient (Wildman–Crippen LogP) is 1.83. The van der Waals surface area contributed by atoms with Gasteiger partial charge in [-0.2, -0.15) is 0 Å². The first-order valence-corrected chi connectivity index (χ1v) is 5.68. The van der Waals surface area contributed by atoms with Gasteiger partial charge in [0.25, 0.3) is 5.91 Å². The van der Waals surface area contributed by atoms with Crippen molar-refractivity contribution in [3.8, 4) is 0 Å². The molecule has 1 aromatic rings. The lowest BCUT2D eigenvalue weighted by atomic mass is 10.2. The van der Waals surface area contributed by atoms with Gasteiger partial charge in [0.1, 0.15) is 5.82 Å². The molecule has 0 aromatic carbocycles. The van der Waals surface area contributed by atoms with Crippen LogP contribution in [0.25, 0.3) is 0 Å². The summed E-state index contributed by atoms with van der Waals surface area (Å²) in [5, 5.41) is 5.82. The van der Waals surface area contributed by atoms with E-state index in [9.17, 15) is 4.79 Å². The number of nitrogens with zero attached hydrogens (tertiary/aromatic N) is 1. The van der Waals surface area contributed by atoms with E-state index in [0.29, 0.717) is 5.56 Å². The minimum Gasteiger partial charge on any atom is -0.370 e. The van der Waals surface area contributed by atoms with Crippen molar-refractivity contribution in [3.63, 3.8) is 0 Å². The van der Waals surface area contributed by atoms with E-state index in [1.165, 1.54) is 0 Å². The largest absolute Gasteiger partial charge is 0.370 e. The van der Waals surface area contributed by atoms with Gasteiger partial charge in [-0.25, -0.2) is 4.98 Å². The number of hydrogen-bond acceptors (Lipinski definition) is 3. The van der Waals surface area contributed by atoms with E-state index in [0.717, 1.165) is 30.9 Å². The van der Waals surface area contributed by atoms with Crippen LogP contribution < -0.4 is 10.6 Å². The third kappa shape index (κ3) is 3.22. The number of carbonyl (C=O) groups excluding carboxylic acids is 1. The molecular formula is C12H19N3O. The molecule has 0 fully saturated rings. The molecule has 0 aliphatic carbocycles. The summed E-state index contributed by atoms with van der Waals surface area (Å²) in [6.45, 7) is 4.99. The lowest BCUT2D eigenvalue weighted by Gasteiger charge is -2.08. The van der Waals surface area contributed by atoms with Crippen LogP contribution in [0.4, 0.5) is 5.82 Å². The van der Waals surface area contributed by atoms with Crippen LogP contribution in [0.5, 0.6) is 0 Å². The molecule has 0 aliphatic rings. The Bertz CT molecular complexity index is 363. The summed E-state index contributed by atoms with van der Waals surface area (Å²) in [6.07, 6.45) is 1.86. The van der Waals surface area contributed by atoms with E-state index in [1.54, 1.807) is 13.1 Å².